The van der Waals surface area contributed by atoms with E-state index in [0.29, 0.717) is 13.1 Å². The van der Waals surface area contributed by atoms with Gasteiger partial charge < -0.3 is 4.90 Å². The number of aryl methyl sites for hydroxylation is 1. The second kappa shape index (κ2) is 8.05. The van der Waals surface area contributed by atoms with Crippen LogP contribution in [0.4, 0.5) is 0 Å². The Bertz CT molecular complexity index is 1010. The number of rotatable bonds is 4. The van der Waals surface area contributed by atoms with Gasteiger partial charge in [0, 0.05) is 37.1 Å². The number of nitriles is 1. The molecule has 1 saturated heterocycles. The van der Waals surface area contributed by atoms with E-state index < -0.39 is 10.0 Å². The molecule has 1 aromatic heterocycles. The van der Waals surface area contributed by atoms with Crippen LogP contribution in [-0.4, -0.2) is 49.7 Å². The molecule has 3 rings (SSSR count). The lowest BCUT2D eigenvalue weighted by Crippen LogP contribution is -2.50. The molecule has 1 aliphatic rings. The number of sulfonamides is 1. The van der Waals surface area contributed by atoms with Crippen LogP contribution in [0.3, 0.4) is 0 Å². The molecular formula is C19H19N3O3S2. The number of thiophene rings is 1. The van der Waals surface area contributed by atoms with Crippen molar-refractivity contribution in [2.45, 2.75) is 11.8 Å². The standard InChI is InChI=1S/C19H19N3O3S2/c1-15-8-13-26-17(15)6-7-19(23)21-9-11-22(12-10-21)27(24,25)18-5-3-2-4-16(18)14-20/h2-8,13H,9-12H2,1H3/b7-6+. The van der Waals surface area contributed by atoms with Gasteiger partial charge in [-0.1, -0.05) is 12.1 Å². The average molecular weight is 402 g/mol. The van der Waals surface area contributed by atoms with Crippen LogP contribution in [0, 0.1) is 18.3 Å². The summed E-state index contributed by atoms with van der Waals surface area (Å²) in [6.07, 6.45) is 3.34. The van der Waals surface area contributed by atoms with E-state index in [4.69, 9.17) is 5.26 Å². The van der Waals surface area contributed by atoms with Crippen LogP contribution >= 0.6 is 11.3 Å². The van der Waals surface area contributed by atoms with Crippen LogP contribution in [-0.2, 0) is 14.8 Å². The van der Waals surface area contributed by atoms with Gasteiger partial charge in [-0.25, -0.2) is 8.42 Å². The Kier molecular flexibility index (Phi) is 5.75. The highest BCUT2D eigenvalue weighted by molar-refractivity contribution is 7.89. The quantitative estimate of drug-likeness (QED) is 0.737. The first-order valence-electron chi connectivity index (χ1n) is 8.44. The summed E-state index contributed by atoms with van der Waals surface area (Å²) in [6, 6.07) is 10.1. The van der Waals surface area contributed by atoms with Gasteiger partial charge in [-0.3, -0.25) is 4.79 Å². The third kappa shape index (κ3) is 4.11. The average Bonchev–Trinajstić information content (AvgIpc) is 3.11. The van der Waals surface area contributed by atoms with Crippen molar-refractivity contribution in [3.8, 4) is 6.07 Å². The summed E-state index contributed by atoms with van der Waals surface area (Å²) >= 11 is 1.57. The number of hydrogen-bond donors (Lipinski definition) is 0. The van der Waals surface area contributed by atoms with Crippen molar-refractivity contribution in [1.29, 1.82) is 5.26 Å². The van der Waals surface area contributed by atoms with Crippen molar-refractivity contribution in [2.75, 3.05) is 26.2 Å². The number of carbonyl (C=O) groups excluding carboxylic acids is 1. The lowest BCUT2D eigenvalue weighted by molar-refractivity contribution is -0.127. The number of piperazine rings is 1. The molecule has 1 aliphatic heterocycles. The summed E-state index contributed by atoms with van der Waals surface area (Å²) in [4.78, 5) is 15.1. The second-order valence-corrected chi connectivity index (χ2v) is 8.99. The van der Waals surface area contributed by atoms with Gasteiger partial charge in [-0.15, -0.1) is 11.3 Å². The van der Waals surface area contributed by atoms with E-state index in [2.05, 4.69) is 0 Å². The zero-order valence-corrected chi connectivity index (χ0v) is 16.5. The Hall–Kier alpha value is -2.47. The third-order valence-corrected chi connectivity index (χ3v) is 7.40. The van der Waals surface area contributed by atoms with Crippen LogP contribution in [0.25, 0.3) is 6.08 Å². The summed E-state index contributed by atoms with van der Waals surface area (Å²) in [5.74, 6) is -0.128. The molecule has 27 heavy (non-hydrogen) atoms. The number of nitrogens with zero attached hydrogens (tertiary/aromatic N) is 3. The van der Waals surface area contributed by atoms with Crippen molar-refractivity contribution >= 4 is 33.3 Å². The number of carbonyl (C=O) groups is 1. The highest BCUT2D eigenvalue weighted by atomic mass is 32.2. The van der Waals surface area contributed by atoms with E-state index in [1.807, 2.05) is 24.4 Å². The maximum atomic E-state index is 12.8. The molecular weight excluding hydrogens is 382 g/mol. The number of amides is 1. The maximum absolute atomic E-state index is 12.8. The first-order valence-corrected chi connectivity index (χ1v) is 10.8. The molecule has 0 saturated carbocycles. The minimum absolute atomic E-state index is 0.0142. The molecule has 140 valence electrons. The molecule has 0 bridgehead atoms. The van der Waals surface area contributed by atoms with Gasteiger partial charge in [-0.2, -0.15) is 9.57 Å². The number of hydrogen-bond acceptors (Lipinski definition) is 5. The van der Waals surface area contributed by atoms with Crippen LogP contribution in [0.1, 0.15) is 16.0 Å². The number of benzene rings is 1. The molecule has 2 aromatic rings. The highest BCUT2D eigenvalue weighted by Gasteiger charge is 2.31. The van der Waals surface area contributed by atoms with E-state index in [0.717, 1.165) is 10.4 Å². The van der Waals surface area contributed by atoms with Crippen LogP contribution in [0.15, 0.2) is 46.7 Å². The van der Waals surface area contributed by atoms with Gasteiger partial charge in [0.2, 0.25) is 15.9 Å². The maximum Gasteiger partial charge on any atom is 0.246 e. The fraction of sp³-hybridized carbons (Fsp3) is 0.263. The zero-order valence-electron chi connectivity index (χ0n) is 14.8. The molecule has 1 aromatic carbocycles. The summed E-state index contributed by atoms with van der Waals surface area (Å²) in [5.41, 5.74) is 1.25. The van der Waals surface area contributed by atoms with Crippen LogP contribution in [0.2, 0.25) is 0 Å². The topological polar surface area (TPSA) is 81.5 Å². The smallest absolute Gasteiger partial charge is 0.246 e. The van der Waals surface area contributed by atoms with Gasteiger partial charge in [0.15, 0.2) is 0 Å². The molecule has 0 atom stereocenters. The summed E-state index contributed by atoms with van der Waals surface area (Å²) < 4.78 is 27.0. The molecule has 0 N–H and O–H groups in total. The van der Waals surface area contributed by atoms with E-state index in [9.17, 15) is 13.2 Å². The zero-order chi connectivity index (χ0) is 19.4. The Morgan fingerprint density at radius 1 is 1.19 bits per heavy atom. The van der Waals surface area contributed by atoms with Crippen molar-refractivity contribution < 1.29 is 13.2 Å². The van der Waals surface area contributed by atoms with Crippen molar-refractivity contribution in [3.05, 3.63) is 57.8 Å². The van der Waals surface area contributed by atoms with E-state index >= 15 is 0 Å². The normalized spacial score (nSPS) is 15.8. The van der Waals surface area contributed by atoms with Crippen LogP contribution < -0.4 is 0 Å². The fourth-order valence-corrected chi connectivity index (χ4v) is 5.26. The Morgan fingerprint density at radius 3 is 2.52 bits per heavy atom. The van der Waals surface area contributed by atoms with Crippen molar-refractivity contribution in [1.82, 2.24) is 9.21 Å². The molecule has 0 unspecified atom stereocenters. The molecule has 0 spiro atoms. The first-order chi connectivity index (χ1) is 12.9. The Labute approximate surface area is 163 Å². The third-order valence-electron chi connectivity index (χ3n) is 4.45. The van der Waals surface area contributed by atoms with Gasteiger partial charge in [-0.05, 0) is 42.1 Å². The summed E-state index contributed by atoms with van der Waals surface area (Å²) in [6.45, 7) is 3.05. The minimum Gasteiger partial charge on any atom is -0.337 e. The van der Waals surface area contributed by atoms with Gasteiger partial charge in [0.05, 0.1) is 10.5 Å². The molecule has 1 fully saturated rings. The van der Waals surface area contributed by atoms with Crippen molar-refractivity contribution in [3.63, 3.8) is 0 Å². The molecule has 2 heterocycles. The van der Waals surface area contributed by atoms with E-state index in [1.165, 1.54) is 22.5 Å². The Morgan fingerprint density at radius 2 is 1.89 bits per heavy atom. The molecule has 0 radical (unpaired) electrons. The monoisotopic (exact) mass is 401 g/mol. The molecule has 1 amide bonds. The molecule has 8 heteroatoms. The van der Waals surface area contributed by atoms with Crippen LogP contribution in [0.5, 0.6) is 0 Å². The second-order valence-electron chi connectivity index (χ2n) is 6.14. The van der Waals surface area contributed by atoms with E-state index in [-0.39, 0.29) is 29.5 Å². The van der Waals surface area contributed by atoms with Gasteiger partial charge in [0.1, 0.15) is 6.07 Å². The lowest BCUT2D eigenvalue weighted by atomic mass is 10.2. The predicted octanol–water partition coefficient (Wildman–Crippen LogP) is 2.47. The first kappa shape index (κ1) is 19.3. The molecule has 0 aliphatic carbocycles. The highest BCUT2D eigenvalue weighted by Crippen LogP contribution is 2.21. The minimum atomic E-state index is -3.75. The van der Waals surface area contributed by atoms with Crippen molar-refractivity contribution in [2.24, 2.45) is 0 Å². The SMILES string of the molecule is Cc1ccsc1/C=C/C(=O)N1CCN(S(=O)(=O)c2ccccc2C#N)CC1. The summed E-state index contributed by atoms with van der Waals surface area (Å²) in [7, 11) is -3.75. The predicted molar refractivity (Wildman–Crippen MR) is 105 cm³/mol. The van der Waals surface area contributed by atoms with E-state index in [1.54, 1.807) is 34.4 Å². The Balaban J connectivity index is 1.66. The lowest BCUT2D eigenvalue weighted by Gasteiger charge is -2.33. The van der Waals surface area contributed by atoms with Gasteiger partial charge >= 0.3 is 0 Å². The largest absolute Gasteiger partial charge is 0.337 e. The fourth-order valence-electron chi connectivity index (χ4n) is 2.88. The van der Waals surface area contributed by atoms with Gasteiger partial charge in [0.25, 0.3) is 0 Å². The molecule has 6 nitrogen and oxygen atoms in total. The summed E-state index contributed by atoms with van der Waals surface area (Å²) in [5, 5.41) is 11.1.